The number of hydrogen-bond acceptors (Lipinski definition) is 5. The van der Waals surface area contributed by atoms with Gasteiger partial charge in [-0.1, -0.05) is 18.2 Å². The van der Waals surface area contributed by atoms with Crippen molar-refractivity contribution in [3.63, 3.8) is 0 Å². The molecule has 0 saturated carbocycles. The van der Waals surface area contributed by atoms with Crippen LogP contribution in [-0.4, -0.2) is 40.6 Å². The molecular weight excluding hydrogens is 407 g/mol. The normalized spacial score (nSPS) is 18.2. The lowest BCUT2D eigenvalue weighted by atomic mass is 10.1. The molecule has 2 aromatic carbocycles. The summed E-state index contributed by atoms with van der Waals surface area (Å²) >= 11 is 0. The predicted octanol–water partition coefficient (Wildman–Crippen LogP) is 3.20. The van der Waals surface area contributed by atoms with Gasteiger partial charge in [0.15, 0.2) is 0 Å². The van der Waals surface area contributed by atoms with Crippen molar-refractivity contribution in [2.24, 2.45) is 5.92 Å². The Morgan fingerprint density at radius 3 is 2.57 bits per heavy atom. The molecule has 3 N–H and O–H groups in total. The monoisotopic (exact) mass is 432 g/mol. The molecule has 160 valence electrons. The van der Waals surface area contributed by atoms with E-state index in [-0.39, 0.29) is 30.2 Å². The Hall–Kier alpha value is -2.45. The second-order valence-electron chi connectivity index (χ2n) is 7.29. The van der Waals surface area contributed by atoms with E-state index in [2.05, 4.69) is 15.7 Å². The fourth-order valence-corrected chi connectivity index (χ4v) is 3.52. The highest BCUT2D eigenvalue weighted by atomic mass is 35.5. The van der Waals surface area contributed by atoms with Gasteiger partial charge in [-0.05, 0) is 43.3 Å². The minimum absolute atomic E-state index is 0. The number of para-hydroxylation sites is 1. The van der Waals surface area contributed by atoms with Crippen LogP contribution in [0, 0.1) is 18.7 Å². The Kier molecular flexibility index (Phi) is 7.44. The van der Waals surface area contributed by atoms with Crippen molar-refractivity contribution >= 4 is 12.4 Å². The number of aromatic nitrogens is 2. The van der Waals surface area contributed by atoms with Gasteiger partial charge in [0.05, 0.1) is 23.0 Å². The fourth-order valence-electron chi connectivity index (χ4n) is 3.52. The van der Waals surface area contributed by atoms with Gasteiger partial charge in [0.2, 0.25) is 5.88 Å². The number of halogens is 2. The molecule has 0 bridgehead atoms. The van der Waals surface area contributed by atoms with E-state index < -0.39 is 0 Å². The van der Waals surface area contributed by atoms with Crippen LogP contribution in [0.25, 0.3) is 5.69 Å². The Labute approximate surface area is 181 Å². The molecule has 0 aliphatic carbocycles. The van der Waals surface area contributed by atoms with Crippen molar-refractivity contribution in [1.29, 1.82) is 0 Å². The zero-order chi connectivity index (χ0) is 20.2. The maximum absolute atomic E-state index is 13.3. The molecule has 2 atom stereocenters. The van der Waals surface area contributed by atoms with Gasteiger partial charge in [-0.2, -0.15) is 5.10 Å². The van der Waals surface area contributed by atoms with E-state index in [1.165, 1.54) is 12.1 Å². The number of benzene rings is 2. The summed E-state index contributed by atoms with van der Waals surface area (Å²) in [5.41, 5.74) is 2.66. The Morgan fingerprint density at radius 2 is 1.90 bits per heavy atom. The summed E-state index contributed by atoms with van der Waals surface area (Å²) < 4.78 is 21.2. The summed E-state index contributed by atoms with van der Waals surface area (Å²) in [6.07, 6.45) is -0.328. The first kappa shape index (κ1) is 22.2. The number of ether oxygens (including phenoxy) is 1. The van der Waals surface area contributed by atoms with Crippen molar-refractivity contribution in [3.05, 3.63) is 71.7 Å². The summed E-state index contributed by atoms with van der Waals surface area (Å²) in [5, 5.41) is 21.3. The third-order valence-corrected chi connectivity index (χ3v) is 5.18. The van der Waals surface area contributed by atoms with Crippen LogP contribution >= 0.6 is 12.4 Å². The van der Waals surface area contributed by atoms with Crippen molar-refractivity contribution in [2.75, 3.05) is 19.6 Å². The molecule has 1 aliphatic rings. The van der Waals surface area contributed by atoms with E-state index in [0.717, 1.165) is 23.5 Å². The summed E-state index contributed by atoms with van der Waals surface area (Å²) in [4.78, 5) is 0. The minimum Gasteiger partial charge on any atom is -0.439 e. The lowest BCUT2D eigenvalue weighted by molar-refractivity contribution is 0.146. The lowest BCUT2D eigenvalue weighted by Crippen LogP contribution is -2.30. The predicted molar refractivity (Wildman–Crippen MR) is 116 cm³/mol. The van der Waals surface area contributed by atoms with Crippen LogP contribution in [-0.2, 0) is 6.54 Å². The van der Waals surface area contributed by atoms with E-state index in [1.54, 1.807) is 16.8 Å². The SMILES string of the molecule is Cc1nn(-c2ccccc2)c(Oc2ccc(F)cc2)c1CNCC1CNCC1O.Cl. The zero-order valence-electron chi connectivity index (χ0n) is 16.7. The van der Waals surface area contributed by atoms with E-state index >= 15 is 0 Å². The number of rotatable bonds is 7. The average Bonchev–Trinajstić information content (AvgIpc) is 3.28. The molecule has 1 fully saturated rings. The number of nitrogens with one attached hydrogen (secondary N) is 2. The molecule has 30 heavy (non-hydrogen) atoms. The smallest absolute Gasteiger partial charge is 0.227 e. The number of β-amino-alcohol motifs (C(OH)–C–C–N with tert-alkyl or cyclic N) is 1. The van der Waals surface area contributed by atoms with Crippen LogP contribution in [0.15, 0.2) is 54.6 Å². The highest BCUT2D eigenvalue weighted by molar-refractivity contribution is 5.85. The lowest BCUT2D eigenvalue weighted by Gasteiger charge is -2.15. The number of aryl methyl sites for hydroxylation is 1. The molecule has 2 heterocycles. The first-order valence-corrected chi connectivity index (χ1v) is 9.78. The van der Waals surface area contributed by atoms with Gasteiger partial charge < -0.3 is 20.5 Å². The van der Waals surface area contributed by atoms with Gasteiger partial charge in [0, 0.05) is 32.1 Å². The molecule has 4 rings (SSSR count). The van der Waals surface area contributed by atoms with Crippen LogP contribution in [0.1, 0.15) is 11.3 Å². The van der Waals surface area contributed by atoms with Crippen molar-refractivity contribution in [1.82, 2.24) is 20.4 Å². The molecule has 1 aromatic heterocycles. The number of aliphatic hydroxyl groups is 1. The molecule has 0 amide bonds. The summed E-state index contributed by atoms with van der Waals surface area (Å²) in [7, 11) is 0. The molecule has 3 aromatic rings. The summed E-state index contributed by atoms with van der Waals surface area (Å²) in [6.45, 7) is 4.63. The highest BCUT2D eigenvalue weighted by Crippen LogP contribution is 2.30. The second-order valence-corrected chi connectivity index (χ2v) is 7.29. The van der Waals surface area contributed by atoms with Gasteiger partial charge in [-0.15, -0.1) is 12.4 Å². The third kappa shape index (κ3) is 4.99. The summed E-state index contributed by atoms with van der Waals surface area (Å²) in [6, 6.07) is 15.7. The minimum atomic E-state index is -0.328. The second kappa shape index (κ2) is 10.0. The average molecular weight is 433 g/mol. The zero-order valence-corrected chi connectivity index (χ0v) is 17.5. The van der Waals surface area contributed by atoms with Gasteiger partial charge in [0.25, 0.3) is 0 Å². The summed E-state index contributed by atoms with van der Waals surface area (Å²) in [5.74, 6) is 1.01. The quantitative estimate of drug-likeness (QED) is 0.534. The van der Waals surface area contributed by atoms with E-state index in [9.17, 15) is 9.50 Å². The van der Waals surface area contributed by atoms with Crippen LogP contribution in [0.5, 0.6) is 11.6 Å². The van der Waals surface area contributed by atoms with Crippen molar-refractivity contribution < 1.29 is 14.2 Å². The van der Waals surface area contributed by atoms with Gasteiger partial charge in [0.1, 0.15) is 11.6 Å². The highest BCUT2D eigenvalue weighted by Gasteiger charge is 2.25. The van der Waals surface area contributed by atoms with Crippen LogP contribution in [0.3, 0.4) is 0 Å². The number of hydrogen-bond donors (Lipinski definition) is 3. The topological polar surface area (TPSA) is 71.3 Å². The molecule has 1 saturated heterocycles. The van der Waals surface area contributed by atoms with Crippen LogP contribution in [0.4, 0.5) is 4.39 Å². The molecule has 0 spiro atoms. The largest absolute Gasteiger partial charge is 0.439 e. The third-order valence-electron chi connectivity index (χ3n) is 5.18. The van der Waals surface area contributed by atoms with Crippen molar-refractivity contribution in [3.8, 4) is 17.3 Å². The molecule has 0 radical (unpaired) electrons. The maximum Gasteiger partial charge on any atom is 0.227 e. The van der Waals surface area contributed by atoms with Gasteiger partial charge in [-0.3, -0.25) is 0 Å². The van der Waals surface area contributed by atoms with Crippen LogP contribution in [0.2, 0.25) is 0 Å². The molecule has 6 nitrogen and oxygen atoms in total. The number of nitrogens with zero attached hydrogens (tertiary/aromatic N) is 2. The first-order valence-electron chi connectivity index (χ1n) is 9.78. The number of aliphatic hydroxyl groups excluding tert-OH is 1. The van der Waals surface area contributed by atoms with E-state index in [1.807, 2.05) is 37.3 Å². The fraction of sp³-hybridized carbons (Fsp3) is 0.318. The molecule has 8 heteroatoms. The van der Waals surface area contributed by atoms with E-state index in [4.69, 9.17) is 4.74 Å². The van der Waals surface area contributed by atoms with Gasteiger partial charge in [-0.25, -0.2) is 9.07 Å². The Bertz CT molecular complexity index is 950. The molecule has 2 unspecified atom stereocenters. The Balaban J connectivity index is 0.00000256. The molecule has 1 aliphatic heterocycles. The van der Waals surface area contributed by atoms with Crippen LogP contribution < -0.4 is 15.4 Å². The molecular formula is C22H26ClFN4O2. The first-order chi connectivity index (χ1) is 14.1. The standard InChI is InChI=1S/C22H25FN4O2.ClH/c1-15-20(13-24-11-16-12-25-14-21(16)28)22(29-19-9-7-17(23)8-10-19)27(26-15)18-5-3-2-4-6-18;/h2-10,16,21,24-25,28H,11-14H2,1H3;1H. The Morgan fingerprint density at radius 1 is 1.17 bits per heavy atom. The van der Waals surface area contributed by atoms with Gasteiger partial charge >= 0.3 is 0 Å². The van der Waals surface area contributed by atoms with Crippen molar-refractivity contribution in [2.45, 2.75) is 19.6 Å². The maximum atomic E-state index is 13.3. The van der Waals surface area contributed by atoms with E-state index in [0.29, 0.717) is 31.3 Å².